The van der Waals surface area contributed by atoms with Crippen LogP contribution in [0.25, 0.3) is 0 Å². The van der Waals surface area contributed by atoms with Crippen molar-refractivity contribution in [2.24, 2.45) is 10.7 Å². The number of carbonyl (C=O) groups is 1. The lowest BCUT2D eigenvalue weighted by Gasteiger charge is -2.32. The van der Waals surface area contributed by atoms with E-state index in [2.05, 4.69) is 15.2 Å². The van der Waals surface area contributed by atoms with E-state index in [1.807, 2.05) is 0 Å². The van der Waals surface area contributed by atoms with E-state index < -0.39 is 0 Å². The molecule has 1 aliphatic rings. The van der Waals surface area contributed by atoms with E-state index in [9.17, 15) is 4.79 Å². The molecule has 0 aromatic rings. The van der Waals surface area contributed by atoms with Gasteiger partial charge in [0.25, 0.3) is 5.91 Å². The number of nitrogens with zero attached hydrogens (tertiary/aromatic N) is 2. The molecule has 6 heteroatoms. The summed E-state index contributed by atoms with van der Waals surface area (Å²) in [6.07, 6.45) is 4.93. The van der Waals surface area contributed by atoms with Crippen molar-refractivity contribution in [1.82, 2.24) is 10.2 Å². The molecule has 1 aliphatic heterocycles. The van der Waals surface area contributed by atoms with Crippen LogP contribution in [0.4, 0.5) is 0 Å². The summed E-state index contributed by atoms with van der Waals surface area (Å²) in [4.78, 5) is 17.9. The number of carbonyl (C=O) groups excluding carboxylic acids is 1. The average Bonchev–Trinajstić information content (AvgIpc) is 2.43. The fraction of sp³-hybridized carbons (Fsp3) is 0.692. The Morgan fingerprint density at radius 3 is 2.79 bits per heavy atom. The van der Waals surface area contributed by atoms with Gasteiger partial charge in [-0.15, -0.1) is 0 Å². The molecule has 1 rings (SSSR count). The summed E-state index contributed by atoms with van der Waals surface area (Å²) < 4.78 is 5.06. The third kappa shape index (κ3) is 5.85. The molecule has 0 bridgehead atoms. The maximum atomic E-state index is 11.8. The van der Waals surface area contributed by atoms with Crippen molar-refractivity contribution < 1.29 is 9.53 Å². The second-order valence-corrected chi connectivity index (χ2v) is 4.61. The first kappa shape index (κ1) is 15.7. The summed E-state index contributed by atoms with van der Waals surface area (Å²) in [5.74, 6) is -0.213. The Morgan fingerprint density at radius 2 is 2.21 bits per heavy atom. The van der Waals surface area contributed by atoms with E-state index >= 15 is 0 Å². The fourth-order valence-corrected chi connectivity index (χ4v) is 2.02. The number of allylic oxidation sites excluding steroid dienone is 1. The zero-order chi connectivity index (χ0) is 14.1. The first-order chi connectivity index (χ1) is 9.17. The quantitative estimate of drug-likeness (QED) is 0.514. The van der Waals surface area contributed by atoms with Gasteiger partial charge in [-0.05, 0) is 18.9 Å². The number of piperidine rings is 1. The van der Waals surface area contributed by atoms with E-state index in [-0.39, 0.29) is 17.6 Å². The molecule has 19 heavy (non-hydrogen) atoms. The SMILES string of the molecule is CN=C/C=C(\N)C(=O)NC1CCN(CCOC)CC1. The van der Waals surface area contributed by atoms with Crippen molar-refractivity contribution in [3.05, 3.63) is 11.8 Å². The predicted molar refractivity (Wildman–Crippen MR) is 76.2 cm³/mol. The van der Waals surface area contributed by atoms with Crippen molar-refractivity contribution in [2.75, 3.05) is 40.4 Å². The topological polar surface area (TPSA) is 79.9 Å². The van der Waals surface area contributed by atoms with Crippen LogP contribution in [0.5, 0.6) is 0 Å². The molecule has 108 valence electrons. The molecule has 0 unspecified atom stereocenters. The van der Waals surface area contributed by atoms with Crippen LogP contribution in [-0.4, -0.2) is 63.5 Å². The normalized spacial score (nSPS) is 18.9. The number of ether oxygens (including phenoxy) is 1. The summed E-state index contributed by atoms with van der Waals surface area (Å²) in [6.45, 7) is 3.66. The molecule has 6 nitrogen and oxygen atoms in total. The highest BCUT2D eigenvalue weighted by atomic mass is 16.5. The molecule has 0 atom stereocenters. The Kier molecular flexibility index (Phi) is 7.14. The Hall–Kier alpha value is -1.40. The van der Waals surface area contributed by atoms with Crippen molar-refractivity contribution in [1.29, 1.82) is 0 Å². The van der Waals surface area contributed by atoms with Gasteiger partial charge in [-0.2, -0.15) is 0 Å². The predicted octanol–water partition coefficient (Wildman–Crippen LogP) is -0.243. The first-order valence-electron chi connectivity index (χ1n) is 6.57. The van der Waals surface area contributed by atoms with Gasteiger partial charge in [-0.1, -0.05) is 0 Å². The molecule has 0 aromatic carbocycles. The number of nitrogens with one attached hydrogen (secondary N) is 1. The van der Waals surface area contributed by atoms with Crippen molar-refractivity contribution in [3.8, 4) is 0 Å². The smallest absolute Gasteiger partial charge is 0.267 e. The van der Waals surface area contributed by atoms with Gasteiger partial charge in [0, 0.05) is 46.0 Å². The Balaban J connectivity index is 2.30. The zero-order valence-electron chi connectivity index (χ0n) is 11.8. The van der Waals surface area contributed by atoms with Gasteiger partial charge in [0.15, 0.2) is 0 Å². The second kappa shape index (κ2) is 8.66. The van der Waals surface area contributed by atoms with Crippen LogP contribution in [0, 0.1) is 0 Å². The van der Waals surface area contributed by atoms with Crippen molar-refractivity contribution in [2.45, 2.75) is 18.9 Å². The fourth-order valence-electron chi connectivity index (χ4n) is 2.02. The lowest BCUT2D eigenvalue weighted by molar-refractivity contribution is -0.118. The van der Waals surface area contributed by atoms with Crippen LogP contribution in [0.1, 0.15) is 12.8 Å². The summed E-state index contributed by atoms with van der Waals surface area (Å²) in [7, 11) is 3.35. The summed E-state index contributed by atoms with van der Waals surface area (Å²) in [6, 6.07) is 0.205. The van der Waals surface area contributed by atoms with Gasteiger partial charge in [0.2, 0.25) is 0 Å². The van der Waals surface area contributed by atoms with Crippen LogP contribution in [-0.2, 0) is 9.53 Å². The van der Waals surface area contributed by atoms with Gasteiger partial charge < -0.3 is 20.7 Å². The van der Waals surface area contributed by atoms with Crippen LogP contribution in [0.15, 0.2) is 16.8 Å². The van der Waals surface area contributed by atoms with E-state index in [1.54, 1.807) is 14.2 Å². The summed E-state index contributed by atoms with van der Waals surface area (Å²) in [5, 5.41) is 2.95. The number of rotatable bonds is 6. The number of nitrogens with two attached hydrogens (primary N) is 1. The Bertz CT molecular complexity index is 334. The standard InChI is InChI=1S/C13H24N4O2/c1-15-6-3-12(14)13(18)16-11-4-7-17(8-5-11)9-10-19-2/h3,6,11H,4-5,7-10,14H2,1-2H3,(H,16,18)/b12-3-,15-6?. The summed E-state index contributed by atoms with van der Waals surface area (Å²) >= 11 is 0. The molecule has 0 spiro atoms. The minimum absolute atomic E-state index is 0.201. The first-order valence-corrected chi connectivity index (χ1v) is 6.57. The van der Waals surface area contributed by atoms with E-state index in [0.29, 0.717) is 0 Å². The van der Waals surface area contributed by atoms with Crippen LogP contribution < -0.4 is 11.1 Å². The van der Waals surface area contributed by atoms with Gasteiger partial charge in [-0.3, -0.25) is 9.79 Å². The molecule has 1 fully saturated rings. The molecular weight excluding hydrogens is 244 g/mol. The number of amides is 1. The highest BCUT2D eigenvalue weighted by molar-refractivity contribution is 5.96. The third-order valence-electron chi connectivity index (χ3n) is 3.20. The number of likely N-dealkylation sites (tertiary alicyclic amines) is 1. The van der Waals surface area contributed by atoms with E-state index in [4.69, 9.17) is 10.5 Å². The zero-order valence-corrected chi connectivity index (χ0v) is 11.8. The summed E-state index contributed by atoms with van der Waals surface area (Å²) in [5.41, 5.74) is 5.85. The Morgan fingerprint density at radius 1 is 1.53 bits per heavy atom. The number of hydrogen-bond donors (Lipinski definition) is 2. The van der Waals surface area contributed by atoms with Gasteiger partial charge in [0.05, 0.1) is 12.3 Å². The van der Waals surface area contributed by atoms with E-state index in [1.165, 1.54) is 12.3 Å². The van der Waals surface area contributed by atoms with Crippen molar-refractivity contribution >= 4 is 12.1 Å². The maximum absolute atomic E-state index is 11.8. The minimum atomic E-state index is -0.213. The monoisotopic (exact) mass is 268 g/mol. The number of aliphatic imine (C=N–C) groups is 1. The third-order valence-corrected chi connectivity index (χ3v) is 3.20. The molecule has 3 N–H and O–H groups in total. The van der Waals surface area contributed by atoms with Crippen LogP contribution in [0.2, 0.25) is 0 Å². The highest BCUT2D eigenvalue weighted by Gasteiger charge is 2.20. The molecule has 0 radical (unpaired) electrons. The Labute approximate surface area is 114 Å². The lowest BCUT2D eigenvalue weighted by Crippen LogP contribution is -2.46. The molecule has 0 saturated carbocycles. The highest BCUT2D eigenvalue weighted by Crippen LogP contribution is 2.10. The number of hydrogen-bond acceptors (Lipinski definition) is 5. The second-order valence-electron chi connectivity index (χ2n) is 4.61. The van der Waals surface area contributed by atoms with Crippen LogP contribution in [0.3, 0.4) is 0 Å². The molecule has 0 aromatic heterocycles. The molecule has 1 saturated heterocycles. The molecule has 1 heterocycles. The van der Waals surface area contributed by atoms with Gasteiger partial charge in [0.1, 0.15) is 0 Å². The number of methoxy groups -OCH3 is 1. The van der Waals surface area contributed by atoms with Gasteiger partial charge in [-0.25, -0.2) is 0 Å². The minimum Gasteiger partial charge on any atom is -0.394 e. The molecule has 0 aliphatic carbocycles. The van der Waals surface area contributed by atoms with E-state index in [0.717, 1.165) is 39.1 Å². The molecular formula is C13H24N4O2. The van der Waals surface area contributed by atoms with Gasteiger partial charge >= 0.3 is 0 Å². The maximum Gasteiger partial charge on any atom is 0.267 e. The van der Waals surface area contributed by atoms with Crippen molar-refractivity contribution in [3.63, 3.8) is 0 Å². The van der Waals surface area contributed by atoms with Crippen LogP contribution >= 0.6 is 0 Å². The lowest BCUT2D eigenvalue weighted by atomic mass is 10.0. The largest absolute Gasteiger partial charge is 0.394 e. The molecule has 1 amide bonds. The average molecular weight is 268 g/mol.